The maximum absolute atomic E-state index is 4.78. The summed E-state index contributed by atoms with van der Waals surface area (Å²) in [7, 11) is 0. The predicted molar refractivity (Wildman–Crippen MR) is 63.1 cm³/mol. The van der Waals surface area contributed by atoms with Crippen molar-refractivity contribution >= 4 is 10.9 Å². The maximum atomic E-state index is 4.78. The van der Waals surface area contributed by atoms with Crippen LogP contribution in [-0.2, 0) is 12.8 Å². The summed E-state index contributed by atoms with van der Waals surface area (Å²) in [4.78, 5) is 4.78. The topological polar surface area (TPSA) is 12.9 Å². The number of pyridine rings is 1. The third kappa shape index (κ3) is 1.34. The molecular weight excluding hydrogens is 182 g/mol. The molecule has 1 aromatic carbocycles. The van der Waals surface area contributed by atoms with Gasteiger partial charge in [0.25, 0.3) is 0 Å². The molecule has 0 spiro atoms. The molecule has 1 aliphatic rings. The van der Waals surface area contributed by atoms with Crippen LogP contribution in [0.3, 0.4) is 0 Å². The van der Waals surface area contributed by atoms with E-state index < -0.39 is 0 Å². The van der Waals surface area contributed by atoms with E-state index in [1.54, 1.807) is 0 Å². The van der Waals surface area contributed by atoms with E-state index in [4.69, 9.17) is 4.98 Å². The Balaban J connectivity index is 2.36. The Labute approximate surface area is 90.2 Å². The smallest absolute Gasteiger partial charge is 0.0708 e. The van der Waals surface area contributed by atoms with Gasteiger partial charge in [-0.1, -0.05) is 18.2 Å². The molecule has 1 nitrogen and oxygen atoms in total. The van der Waals surface area contributed by atoms with Crippen LogP contribution in [0.2, 0.25) is 0 Å². The highest BCUT2D eigenvalue weighted by molar-refractivity contribution is 5.83. The van der Waals surface area contributed by atoms with E-state index in [1.807, 2.05) is 0 Å². The number of fused-ring (bicyclic) bond motifs is 2. The van der Waals surface area contributed by atoms with E-state index >= 15 is 0 Å². The zero-order valence-corrected chi connectivity index (χ0v) is 9.09. The largest absolute Gasteiger partial charge is 0.253 e. The highest BCUT2D eigenvalue weighted by Gasteiger charge is 2.14. The van der Waals surface area contributed by atoms with Gasteiger partial charge in [-0.05, 0) is 49.8 Å². The fourth-order valence-electron chi connectivity index (χ4n) is 2.61. The average Bonchev–Trinajstić information content (AvgIpc) is 2.30. The molecule has 3 rings (SSSR count). The Kier molecular flexibility index (Phi) is 1.98. The van der Waals surface area contributed by atoms with Gasteiger partial charge in [-0.25, -0.2) is 0 Å². The van der Waals surface area contributed by atoms with Crippen molar-refractivity contribution in [3.8, 4) is 0 Å². The molecule has 0 amide bonds. The average molecular weight is 197 g/mol. The van der Waals surface area contributed by atoms with Crippen LogP contribution in [0, 0.1) is 6.92 Å². The maximum Gasteiger partial charge on any atom is 0.0708 e. The number of aromatic nitrogens is 1. The van der Waals surface area contributed by atoms with E-state index in [-0.39, 0.29) is 0 Å². The Bertz CT molecular complexity index is 514. The summed E-state index contributed by atoms with van der Waals surface area (Å²) in [5, 5.41) is 1.33. The van der Waals surface area contributed by atoms with Crippen molar-refractivity contribution in [2.24, 2.45) is 0 Å². The Morgan fingerprint density at radius 1 is 1.07 bits per heavy atom. The summed E-state index contributed by atoms with van der Waals surface area (Å²) in [6.45, 7) is 2.24. The lowest BCUT2D eigenvalue weighted by Crippen LogP contribution is -2.07. The first-order chi connectivity index (χ1) is 7.36. The lowest BCUT2D eigenvalue weighted by atomic mass is 9.90. The monoisotopic (exact) mass is 197 g/mol. The minimum atomic E-state index is 1.16. The lowest BCUT2D eigenvalue weighted by Gasteiger charge is -2.18. The summed E-state index contributed by atoms with van der Waals surface area (Å²) >= 11 is 0. The number of benzene rings is 1. The Morgan fingerprint density at radius 3 is 2.80 bits per heavy atom. The number of hydrogen-bond acceptors (Lipinski definition) is 1. The van der Waals surface area contributed by atoms with Crippen molar-refractivity contribution in [2.75, 3.05) is 0 Å². The summed E-state index contributed by atoms with van der Waals surface area (Å²) in [6.07, 6.45) is 5.02. The van der Waals surface area contributed by atoms with Crippen molar-refractivity contribution < 1.29 is 0 Å². The van der Waals surface area contributed by atoms with Gasteiger partial charge in [0, 0.05) is 11.1 Å². The van der Waals surface area contributed by atoms with Gasteiger partial charge in [0.1, 0.15) is 0 Å². The molecule has 76 valence electrons. The second kappa shape index (κ2) is 3.34. The first-order valence-electron chi connectivity index (χ1n) is 5.73. The van der Waals surface area contributed by atoms with Crippen molar-refractivity contribution in [1.29, 1.82) is 0 Å². The first kappa shape index (κ1) is 8.90. The third-order valence-corrected chi connectivity index (χ3v) is 3.45. The minimum Gasteiger partial charge on any atom is -0.253 e. The molecule has 1 aliphatic carbocycles. The molecule has 0 aliphatic heterocycles. The van der Waals surface area contributed by atoms with Gasteiger partial charge in [0.2, 0.25) is 0 Å². The predicted octanol–water partition coefficient (Wildman–Crippen LogP) is 3.42. The minimum absolute atomic E-state index is 1.16. The number of rotatable bonds is 0. The number of hydrogen-bond donors (Lipinski definition) is 0. The SMILES string of the molecule is Cc1c2c(nc3ccccc13)CCCC2. The zero-order chi connectivity index (χ0) is 10.3. The first-order valence-corrected chi connectivity index (χ1v) is 5.73. The molecule has 0 N–H and O–H groups in total. The van der Waals surface area contributed by atoms with Crippen LogP contribution < -0.4 is 0 Å². The summed E-state index contributed by atoms with van der Waals surface area (Å²) in [6, 6.07) is 8.49. The fraction of sp³-hybridized carbons (Fsp3) is 0.357. The van der Waals surface area contributed by atoms with Gasteiger partial charge in [0.05, 0.1) is 5.52 Å². The molecule has 0 fully saturated rings. The number of para-hydroxylation sites is 1. The van der Waals surface area contributed by atoms with Gasteiger partial charge in [-0.2, -0.15) is 0 Å². The standard InChI is InChI=1S/C14H15N/c1-10-11-6-2-4-8-13(11)15-14-9-5-3-7-12(10)14/h2,4,6,8H,3,5,7,9H2,1H3. The van der Waals surface area contributed by atoms with Crippen molar-refractivity contribution in [2.45, 2.75) is 32.6 Å². The molecule has 1 aromatic heterocycles. The molecule has 0 saturated carbocycles. The van der Waals surface area contributed by atoms with E-state index in [0.717, 1.165) is 5.52 Å². The van der Waals surface area contributed by atoms with E-state index in [9.17, 15) is 0 Å². The molecule has 0 bridgehead atoms. The van der Waals surface area contributed by atoms with Gasteiger partial charge >= 0.3 is 0 Å². The second-order valence-corrected chi connectivity index (χ2v) is 4.39. The molecule has 0 atom stereocenters. The summed E-state index contributed by atoms with van der Waals surface area (Å²) in [5.74, 6) is 0. The van der Waals surface area contributed by atoms with Gasteiger partial charge in [-0.3, -0.25) is 4.98 Å². The normalized spacial score (nSPS) is 15.3. The van der Waals surface area contributed by atoms with Gasteiger partial charge in [-0.15, -0.1) is 0 Å². The molecular formula is C14H15N. The van der Waals surface area contributed by atoms with Crippen molar-refractivity contribution in [3.05, 3.63) is 41.1 Å². The molecule has 0 saturated heterocycles. The van der Waals surface area contributed by atoms with Crippen LogP contribution in [0.5, 0.6) is 0 Å². The Morgan fingerprint density at radius 2 is 1.87 bits per heavy atom. The highest BCUT2D eigenvalue weighted by Crippen LogP contribution is 2.28. The van der Waals surface area contributed by atoms with Crippen LogP contribution in [-0.4, -0.2) is 4.98 Å². The van der Waals surface area contributed by atoms with Crippen LogP contribution in [0.1, 0.15) is 29.7 Å². The van der Waals surface area contributed by atoms with Gasteiger partial charge in [0.15, 0.2) is 0 Å². The van der Waals surface area contributed by atoms with Crippen molar-refractivity contribution in [3.63, 3.8) is 0 Å². The van der Waals surface area contributed by atoms with E-state index in [2.05, 4.69) is 31.2 Å². The number of aryl methyl sites for hydroxylation is 2. The van der Waals surface area contributed by atoms with Crippen molar-refractivity contribution in [1.82, 2.24) is 4.98 Å². The molecule has 0 radical (unpaired) electrons. The second-order valence-electron chi connectivity index (χ2n) is 4.39. The molecule has 15 heavy (non-hydrogen) atoms. The molecule has 1 heteroatoms. The quantitative estimate of drug-likeness (QED) is 0.630. The van der Waals surface area contributed by atoms with Crippen LogP contribution in [0.4, 0.5) is 0 Å². The molecule has 0 unspecified atom stereocenters. The van der Waals surface area contributed by atoms with Gasteiger partial charge < -0.3 is 0 Å². The van der Waals surface area contributed by atoms with Crippen LogP contribution in [0.15, 0.2) is 24.3 Å². The fourth-order valence-corrected chi connectivity index (χ4v) is 2.61. The number of nitrogens with zero attached hydrogens (tertiary/aromatic N) is 1. The summed E-state index contributed by atoms with van der Waals surface area (Å²) < 4.78 is 0. The lowest BCUT2D eigenvalue weighted by molar-refractivity contribution is 0.668. The van der Waals surface area contributed by atoms with E-state index in [0.29, 0.717) is 0 Å². The van der Waals surface area contributed by atoms with Crippen LogP contribution in [0.25, 0.3) is 10.9 Å². The van der Waals surface area contributed by atoms with E-state index in [1.165, 1.54) is 47.9 Å². The summed E-state index contributed by atoms with van der Waals surface area (Å²) in [5.41, 5.74) is 5.48. The molecule has 2 aromatic rings. The van der Waals surface area contributed by atoms with Crippen LogP contribution >= 0.6 is 0 Å². The Hall–Kier alpha value is -1.37. The molecule has 1 heterocycles. The zero-order valence-electron chi connectivity index (χ0n) is 9.09. The highest BCUT2D eigenvalue weighted by atomic mass is 14.7. The third-order valence-electron chi connectivity index (χ3n) is 3.45.